The first-order chi connectivity index (χ1) is 11.0. The lowest BCUT2D eigenvalue weighted by Crippen LogP contribution is -2.03. The van der Waals surface area contributed by atoms with E-state index in [1.54, 1.807) is 12.1 Å². The number of hydrogen-bond acceptors (Lipinski definition) is 7. The molecular weight excluding hydrogens is 302 g/mol. The van der Waals surface area contributed by atoms with Crippen LogP contribution in [-0.4, -0.2) is 22.4 Å². The van der Waals surface area contributed by atoms with Crippen molar-refractivity contribution in [1.82, 2.24) is 0 Å². The van der Waals surface area contributed by atoms with Gasteiger partial charge >= 0.3 is 0 Å². The van der Waals surface area contributed by atoms with Gasteiger partial charge in [0.1, 0.15) is 16.7 Å². The first-order valence-corrected chi connectivity index (χ1v) is 6.62. The molecule has 0 bridgehead atoms. The van der Waals surface area contributed by atoms with Crippen molar-refractivity contribution in [2.45, 2.75) is 0 Å². The van der Waals surface area contributed by atoms with E-state index in [1.165, 1.54) is 31.4 Å². The van der Waals surface area contributed by atoms with Crippen LogP contribution in [-0.2, 0) is 0 Å². The molecule has 0 atom stereocenters. The van der Waals surface area contributed by atoms with Gasteiger partial charge in [0, 0.05) is 17.8 Å². The molecule has 7 heteroatoms. The standard InChI is InChI=1S/C16H13NO6/c1-22-16-11(20)6-12-14(15(16)21)10(19)7-13(23-12)17-8-2-4-9(18)5-3-8/h2-7,17-18,20-21H,1H3. The minimum absolute atomic E-state index is 0.00887. The molecule has 4 N–H and O–H groups in total. The van der Waals surface area contributed by atoms with E-state index in [-0.39, 0.29) is 34.1 Å². The van der Waals surface area contributed by atoms with Crippen molar-refractivity contribution in [3.05, 3.63) is 46.6 Å². The van der Waals surface area contributed by atoms with Gasteiger partial charge in [-0.05, 0) is 24.3 Å². The predicted molar refractivity (Wildman–Crippen MR) is 83.8 cm³/mol. The molecule has 2 aromatic carbocycles. The van der Waals surface area contributed by atoms with Crippen LogP contribution in [0.4, 0.5) is 11.6 Å². The molecule has 23 heavy (non-hydrogen) atoms. The number of benzene rings is 2. The summed E-state index contributed by atoms with van der Waals surface area (Å²) in [6.45, 7) is 0. The zero-order valence-corrected chi connectivity index (χ0v) is 12.0. The van der Waals surface area contributed by atoms with E-state index < -0.39 is 11.2 Å². The van der Waals surface area contributed by atoms with Crippen molar-refractivity contribution in [1.29, 1.82) is 0 Å². The molecule has 0 saturated carbocycles. The van der Waals surface area contributed by atoms with Crippen LogP contribution in [0.25, 0.3) is 11.0 Å². The van der Waals surface area contributed by atoms with E-state index in [0.717, 1.165) is 0 Å². The Morgan fingerprint density at radius 3 is 2.43 bits per heavy atom. The lowest BCUT2D eigenvalue weighted by Gasteiger charge is -2.10. The highest BCUT2D eigenvalue weighted by Crippen LogP contribution is 2.41. The minimum Gasteiger partial charge on any atom is -0.508 e. The Kier molecular flexibility index (Phi) is 3.46. The monoisotopic (exact) mass is 315 g/mol. The predicted octanol–water partition coefficient (Wildman–Crippen LogP) is 2.66. The molecule has 0 amide bonds. The van der Waals surface area contributed by atoms with E-state index >= 15 is 0 Å². The number of phenols is 3. The van der Waals surface area contributed by atoms with Crippen molar-refractivity contribution in [2.24, 2.45) is 0 Å². The summed E-state index contributed by atoms with van der Waals surface area (Å²) in [6, 6.07) is 8.52. The van der Waals surface area contributed by atoms with Crippen molar-refractivity contribution in [3.63, 3.8) is 0 Å². The number of anilines is 2. The third-order valence-corrected chi connectivity index (χ3v) is 3.27. The van der Waals surface area contributed by atoms with Crippen molar-refractivity contribution in [2.75, 3.05) is 12.4 Å². The van der Waals surface area contributed by atoms with Gasteiger partial charge in [0.05, 0.1) is 7.11 Å². The fraction of sp³-hybridized carbons (Fsp3) is 0.0625. The second-order valence-electron chi connectivity index (χ2n) is 4.80. The summed E-state index contributed by atoms with van der Waals surface area (Å²) in [7, 11) is 1.27. The first kappa shape index (κ1) is 14.6. The molecule has 1 heterocycles. The topological polar surface area (TPSA) is 112 Å². The molecule has 0 saturated heterocycles. The molecule has 0 spiro atoms. The maximum Gasteiger partial charge on any atom is 0.203 e. The van der Waals surface area contributed by atoms with E-state index in [2.05, 4.69) is 5.32 Å². The summed E-state index contributed by atoms with van der Waals surface area (Å²) in [4.78, 5) is 12.2. The molecule has 0 aliphatic rings. The molecule has 3 aromatic rings. The Morgan fingerprint density at radius 2 is 1.78 bits per heavy atom. The van der Waals surface area contributed by atoms with Gasteiger partial charge in [-0.15, -0.1) is 0 Å². The molecule has 0 aliphatic heterocycles. The Bertz CT molecular complexity index is 930. The van der Waals surface area contributed by atoms with Crippen LogP contribution < -0.4 is 15.5 Å². The molecule has 7 nitrogen and oxygen atoms in total. The normalized spacial score (nSPS) is 10.7. The molecular formula is C16H13NO6. The van der Waals surface area contributed by atoms with E-state index in [4.69, 9.17) is 9.15 Å². The smallest absolute Gasteiger partial charge is 0.203 e. The SMILES string of the molecule is COc1c(O)cc2oc(Nc3ccc(O)cc3)cc(=O)c2c1O. The maximum absolute atomic E-state index is 12.2. The van der Waals surface area contributed by atoms with Crippen LogP contribution >= 0.6 is 0 Å². The summed E-state index contributed by atoms with van der Waals surface area (Å²) in [6.07, 6.45) is 0. The average molecular weight is 315 g/mol. The van der Waals surface area contributed by atoms with Gasteiger partial charge in [0.25, 0.3) is 0 Å². The zero-order valence-electron chi connectivity index (χ0n) is 12.0. The van der Waals surface area contributed by atoms with E-state index in [0.29, 0.717) is 5.69 Å². The molecule has 1 aromatic heterocycles. The number of methoxy groups -OCH3 is 1. The molecule has 3 rings (SSSR count). The van der Waals surface area contributed by atoms with Crippen molar-refractivity contribution >= 4 is 22.5 Å². The largest absolute Gasteiger partial charge is 0.508 e. The van der Waals surface area contributed by atoms with Crippen LogP contribution in [0.5, 0.6) is 23.0 Å². The fourth-order valence-electron chi connectivity index (χ4n) is 2.22. The lowest BCUT2D eigenvalue weighted by atomic mass is 10.2. The van der Waals surface area contributed by atoms with Gasteiger partial charge in [-0.25, -0.2) is 0 Å². The number of nitrogens with one attached hydrogen (secondary N) is 1. The van der Waals surface area contributed by atoms with Gasteiger partial charge in [0.2, 0.25) is 11.6 Å². The summed E-state index contributed by atoms with van der Waals surface area (Å²) >= 11 is 0. The summed E-state index contributed by atoms with van der Waals surface area (Å²) in [5, 5.41) is 31.8. The van der Waals surface area contributed by atoms with Crippen LogP contribution in [0.1, 0.15) is 0 Å². The highest BCUT2D eigenvalue weighted by molar-refractivity contribution is 5.89. The van der Waals surface area contributed by atoms with Crippen LogP contribution in [0.3, 0.4) is 0 Å². The van der Waals surface area contributed by atoms with Crippen molar-refractivity contribution < 1.29 is 24.5 Å². The number of ether oxygens (including phenoxy) is 1. The number of rotatable bonds is 3. The number of hydrogen-bond donors (Lipinski definition) is 4. The highest BCUT2D eigenvalue weighted by atomic mass is 16.5. The summed E-state index contributed by atoms with van der Waals surface area (Å²) in [5.74, 6) is -0.784. The van der Waals surface area contributed by atoms with E-state index in [9.17, 15) is 20.1 Å². The Balaban J connectivity index is 2.11. The molecule has 0 unspecified atom stereocenters. The number of phenolic OH excluding ortho intramolecular Hbond substituents is 3. The maximum atomic E-state index is 12.2. The van der Waals surface area contributed by atoms with Crippen LogP contribution in [0.2, 0.25) is 0 Å². The average Bonchev–Trinajstić information content (AvgIpc) is 2.49. The third-order valence-electron chi connectivity index (χ3n) is 3.27. The quantitative estimate of drug-likeness (QED) is 0.550. The number of aromatic hydroxyl groups is 3. The summed E-state index contributed by atoms with van der Waals surface area (Å²) < 4.78 is 10.3. The zero-order chi connectivity index (χ0) is 16.6. The van der Waals surface area contributed by atoms with Crippen LogP contribution in [0, 0.1) is 0 Å². The molecule has 0 radical (unpaired) electrons. The molecule has 0 fully saturated rings. The number of fused-ring (bicyclic) bond motifs is 1. The summed E-state index contributed by atoms with van der Waals surface area (Å²) in [5.41, 5.74) is 0.102. The fourth-order valence-corrected chi connectivity index (χ4v) is 2.22. The first-order valence-electron chi connectivity index (χ1n) is 6.62. The van der Waals surface area contributed by atoms with Gasteiger partial charge in [-0.2, -0.15) is 0 Å². The van der Waals surface area contributed by atoms with E-state index in [1.807, 2.05) is 0 Å². The van der Waals surface area contributed by atoms with Gasteiger partial charge in [0.15, 0.2) is 16.9 Å². The van der Waals surface area contributed by atoms with Crippen LogP contribution in [0.15, 0.2) is 45.6 Å². The second-order valence-corrected chi connectivity index (χ2v) is 4.80. The Hall–Kier alpha value is -3.35. The van der Waals surface area contributed by atoms with Gasteiger partial charge in [-0.1, -0.05) is 0 Å². The lowest BCUT2D eigenvalue weighted by molar-refractivity contribution is 0.346. The van der Waals surface area contributed by atoms with Crippen molar-refractivity contribution in [3.8, 4) is 23.0 Å². The Labute approximate surface area is 130 Å². The highest BCUT2D eigenvalue weighted by Gasteiger charge is 2.18. The second kappa shape index (κ2) is 5.45. The van der Waals surface area contributed by atoms with Gasteiger partial charge < -0.3 is 29.8 Å². The van der Waals surface area contributed by atoms with Gasteiger partial charge in [-0.3, -0.25) is 4.79 Å². The Morgan fingerprint density at radius 1 is 1.09 bits per heavy atom. The molecule has 0 aliphatic carbocycles. The third kappa shape index (κ3) is 2.59. The molecule has 118 valence electrons. The minimum atomic E-state index is -0.497.